The van der Waals surface area contributed by atoms with E-state index < -0.39 is 38.2 Å². The molecule has 2 rings (SSSR count). The molecule has 1 amide bonds. The normalized spacial score (nSPS) is 11.0. The molecular formula is C15H12FNO5S. The third kappa shape index (κ3) is 3.72. The fraction of sp³-hybridized carbons (Fsp3) is 0.0667. The van der Waals surface area contributed by atoms with Crippen LogP contribution in [0.2, 0.25) is 0 Å². The van der Waals surface area contributed by atoms with Gasteiger partial charge in [0.25, 0.3) is 10.0 Å². The number of carbonyl (C=O) groups is 2. The van der Waals surface area contributed by atoms with Crippen LogP contribution in [0.5, 0.6) is 0 Å². The molecule has 23 heavy (non-hydrogen) atoms. The zero-order valence-electron chi connectivity index (χ0n) is 11.9. The molecule has 0 aliphatic heterocycles. The van der Waals surface area contributed by atoms with E-state index in [1.807, 2.05) is 0 Å². The summed E-state index contributed by atoms with van der Waals surface area (Å²) in [7, 11) is -4.28. The molecule has 0 saturated carbocycles. The number of benzene rings is 2. The molecule has 0 heterocycles. The van der Waals surface area contributed by atoms with E-state index in [-0.39, 0.29) is 0 Å². The van der Waals surface area contributed by atoms with E-state index >= 15 is 0 Å². The predicted molar refractivity (Wildman–Crippen MR) is 79.8 cm³/mol. The minimum absolute atomic E-state index is 0.407. The summed E-state index contributed by atoms with van der Waals surface area (Å²) >= 11 is 0. The molecule has 0 spiro atoms. The van der Waals surface area contributed by atoms with E-state index in [2.05, 4.69) is 0 Å². The Balaban J connectivity index is 2.58. The van der Waals surface area contributed by atoms with E-state index in [0.29, 0.717) is 11.1 Å². The van der Waals surface area contributed by atoms with Gasteiger partial charge in [-0.15, -0.1) is 0 Å². The average molecular weight is 337 g/mol. The van der Waals surface area contributed by atoms with Crippen molar-refractivity contribution in [2.24, 2.45) is 0 Å². The molecule has 120 valence electrons. The van der Waals surface area contributed by atoms with Crippen LogP contribution in [0.4, 0.5) is 4.39 Å². The lowest BCUT2D eigenvalue weighted by Crippen LogP contribution is -2.29. The largest absolute Gasteiger partial charge is 0.478 e. The Kier molecular flexibility index (Phi) is 4.46. The smallest absolute Gasteiger partial charge is 0.337 e. The van der Waals surface area contributed by atoms with Gasteiger partial charge in [-0.1, -0.05) is 18.2 Å². The van der Waals surface area contributed by atoms with Crippen molar-refractivity contribution in [3.05, 3.63) is 53.8 Å². The zero-order chi connectivity index (χ0) is 17.2. The Morgan fingerprint density at radius 3 is 2.13 bits per heavy atom. The van der Waals surface area contributed by atoms with Gasteiger partial charge in [-0.2, -0.15) is 0 Å². The van der Waals surface area contributed by atoms with E-state index in [4.69, 9.17) is 0 Å². The summed E-state index contributed by atoms with van der Waals surface area (Å²) in [5.74, 6) is -2.74. The van der Waals surface area contributed by atoms with Gasteiger partial charge in [-0.25, -0.2) is 22.3 Å². The Hall–Kier alpha value is -2.74. The van der Waals surface area contributed by atoms with Gasteiger partial charge in [-0.3, -0.25) is 4.79 Å². The third-order valence-corrected chi connectivity index (χ3v) is 4.45. The molecule has 0 unspecified atom stereocenters. The van der Waals surface area contributed by atoms with Crippen molar-refractivity contribution in [2.45, 2.75) is 11.8 Å². The molecule has 0 fully saturated rings. The molecule has 2 aromatic carbocycles. The van der Waals surface area contributed by atoms with Crippen LogP contribution in [0, 0.1) is 5.82 Å². The summed E-state index contributed by atoms with van der Waals surface area (Å²) in [5.41, 5.74) is 0.446. The van der Waals surface area contributed by atoms with E-state index in [9.17, 15) is 27.5 Å². The van der Waals surface area contributed by atoms with Crippen molar-refractivity contribution in [1.82, 2.24) is 4.72 Å². The first-order chi connectivity index (χ1) is 10.7. The molecule has 0 saturated heterocycles. The van der Waals surface area contributed by atoms with Crippen LogP contribution in [0.1, 0.15) is 17.3 Å². The van der Waals surface area contributed by atoms with Crippen LogP contribution in [-0.4, -0.2) is 25.4 Å². The van der Waals surface area contributed by atoms with Gasteiger partial charge in [0, 0.05) is 6.92 Å². The Labute approximate surface area is 131 Å². The monoisotopic (exact) mass is 337 g/mol. The van der Waals surface area contributed by atoms with Gasteiger partial charge >= 0.3 is 5.97 Å². The maximum atomic E-state index is 12.9. The second-order valence-corrected chi connectivity index (χ2v) is 6.34. The maximum absolute atomic E-state index is 12.9. The molecule has 2 N–H and O–H groups in total. The zero-order valence-corrected chi connectivity index (χ0v) is 12.7. The molecule has 0 bridgehead atoms. The number of nitrogens with one attached hydrogen (secondary N) is 1. The highest BCUT2D eigenvalue weighted by Gasteiger charge is 2.23. The van der Waals surface area contributed by atoms with Crippen LogP contribution < -0.4 is 4.72 Å². The number of halogens is 1. The van der Waals surface area contributed by atoms with Crippen molar-refractivity contribution < 1.29 is 27.5 Å². The summed E-state index contributed by atoms with van der Waals surface area (Å²) in [5, 5.41) is 9.24. The number of amides is 1. The number of carboxylic acids is 1. The average Bonchev–Trinajstić information content (AvgIpc) is 2.46. The Morgan fingerprint density at radius 1 is 1.04 bits per heavy atom. The van der Waals surface area contributed by atoms with E-state index in [0.717, 1.165) is 19.1 Å². The fourth-order valence-electron chi connectivity index (χ4n) is 2.00. The highest BCUT2D eigenvalue weighted by molar-refractivity contribution is 7.90. The minimum atomic E-state index is -4.28. The molecule has 8 heteroatoms. The number of aromatic carboxylic acids is 1. The molecule has 6 nitrogen and oxygen atoms in total. The molecule has 2 aromatic rings. The van der Waals surface area contributed by atoms with Crippen LogP contribution in [0.15, 0.2) is 47.4 Å². The van der Waals surface area contributed by atoms with Crippen LogP contribution in [0.25, 0.3) is 11.1 Å². The standard InChI is InChI=1S/C15H12FNO5S/c1-9(18)17-23(21,22)14-7-4-11(8-13(14)15(19)20)10-2-5-12(16)6-3-10/h2-8H,1H3,(H,17,18)(H,19,20). The van der Waals surface area contributed by atoms with Crippen LogP contribution >= 0.6 is 0 Å². The lowest BCUT2D eigenvalue weighted by atomic mass is 10.0. The molecule has 0 aliphatic rings. The van der Waals surface area contributed by atoms with Crippen LogP contribution in [-0.2, 0) is 14.8 Å². The lowest BCUT2D eigenvalue weighted by molar-refractivity contribution is -0.117. The summed E-state index contributed by atoms with van der Waals surface area (Å²) in [4.78, 5) is 21.8. The number of carboxylic acid groups (broad SMARTS) is 1. The van der Waals surface area contributed by atoms with Gasteiger partial charge in [0.05, 0.1) is 5.56 Å². The van der Waals surface area contributed by atoms with E-state index in [1.165, 1.54) is 30.3 Å². The van der Waals surface area contributed by atoms with Crippen molar-refractivity contribution in [3.63, 3.8) is 0 Å². The summed E-state index contributed by atoms with van der Waals surface area (Å²) in [6.07, 6.45) is 0. The molecule has 0 aliphatic carbocycles. The van der Waals surface area contributed by atoms with Crippen LogP contribution in [0.3, 0.4) is 0 Å². The number of hydrogen-bond donors (Lipinski definition) is 2. The SMILES string of the molecule is CC(=O)NS(=O)(=O)c1ccc(-c2ccc(F)cc2)cc1C(=O)O. The molecular weight excluding hydrogens is 325 g/mol. The minimum Gasteiger partial charge on any atom is -0.478 e. The van der Waals surface area contributed by atoms with Gasteiger partial charge in [-0.05, 0) is 35.4 Å². The molecule has 0 atom stereocenters. The summed E-state index contributed by atoms with van der Waals surface area (Å²) in [6.45, 7) is 1.00. The second-order valence-electron chi connectivity index (χ2n) is 4.68. The van der Waals surface area contributed by atoms with Crippen molar-refractivity contribution in [1.29, 1.82) is 0 Å². The van der Waals surface area contributed by atoms with Crippen molar-refractivity contribution >= 4 is 21.9 Å². The number of sulfonamides is 1. The Morgan fingerprint density at radius 2 is 1.61 bits per heavy atom. The predicted octanol–water partition coefficient (Wildman–Crippen LogP) is 2.02. The quantitative estimate of drug-likeness (QED) is 0.889. The first-order valence-corrected chi connectivity index (χ1v) is 7.85. The topological polar surface area (TPSA) is 101 Å². The number of rotatable bonds is 4. The summed E-state index contributed by atoms with van der Waals surface area (Å²) in [6, 6.07) is 8.93. The molecule has 0 aromatic heterocycles. The van der Waals surface area contributed by atoms with Crippen molar-refractivity contribution in [2.75, 3.05) is 0 Å². The Bertz CT molecular complexity index is 875. The molecule has 0 radical (unpaired) electrons. The van der Waals surface area contributed by atoms with Gasteiger partial charge in [0.1, 0.15) is 10.7 Å². The van der Waals surface area contributed by atoms with Crippen molar-refractivity contribution in [3.8, 4) is 11.1 Å². The first kappa shape index (κ1) is 16.6. The second kappa shape index (κ2) is 6.17. The van der Waals surface area contributed by atoms with E-state index in [1.54, 1.807) is 4.72 Å². The first-order valence-electron chi connectivity index (χ1n) is 6.37. The number of carbonyl (C=O) groups excluding carboxylic acids is 1. The van der Waals surface area contributed by atoms with Gasteiger partial charge in [0.2, 0.25) is 5.91 Å². The fourth-order valence-corrected chi connectivity index (χ4v) is 3.17. The third-order valence-electron chi connectivity index (χ3n) is 2.96. The van der Waals surface area contributed by atoms with Gasteiger partial charge < -0.3 is 5.11 Å². The maximum Gasteiger partial charge on any atom is 0.337 e. The number of hydrogen-bond acceptors (Lipinski definition) is 4. The lowest BCUT2D eigenvalue weighted by Gasteiger charge is -2.10. The highest BCUT2D eigenvalue weighted by atomic mass is 32.2. The highest BCUT2D eigenvalue weighted by Crippen LogP contribution is 2.25. The van der Waals surface area contributed by atoms with Gasteiger partial charge in [0.15, 0.2) is 0 Å². The summed E-state index contributed by atoms with van der Waals surface area (Å²) < 4.78 is 38.7.